The van der Waals surface area contributed by atoms with Crippen molar-refractivity contribution in [1.29, 1.82) is 0 Å². The number of morpholine rings is 1. The van der Waals surface area contributed by atoms with Crippen LogP contribution in [0.2, 0.25) is 0 Å². The van der Waals surface area contributed by atoms with E-state index < -0.39 is 41.5 Å². The maximum absolute atomic E-state index is 15.3. The van der Waals surface area contributed by atoms with Crippen molar-refractivity contribution >= 4 is 52.5 Å². The van der Waals surface area contributed by atoms with Crippen LogP contribution in [0.15, 0.2) is 79.0 Å². The Labute approximate surface area is 372 Å². The number of nitrogens with zero attached hydrogens (tertiary/aromatic N) is 8. The van der Waals surface area contributed by atoms with Gasteiger partial charge in [-0.3, -0.25) is 29.4 Å². The maximum atomic E-state index is 15.3. The SMILES string of the molecule is Cc1cccc(-c2ccn(-c3cc(N4CCOCC4)nc(OC4CCN(c5ccc(NC(=O)NC6CN(c7cc8c(cc7F)C(=O)N(C7CCC(=O)NC7=O)C8=O)C6)cc5)CC4)n3)n2)c1. The monoisotopic (exact) mass is 883 g/mol. The summed E-state index contributed by atoms with van der Waals surface area (Å²) in [5, 5.41) is 12.7. The Balaban J connectivity index is 0.713. The second kappa shape index (κ2) is 17.3. The van der Waals surface area contributed by atoms with Crippen LogP contribution in [-0.4, -0.2) is 125 Å². The van der Waals surface area contributed by atoms with Gasteiger partial charge in [-0.15, -0.1) is 0 Å². The summed E-state index contributed by atoms with van der Waals surface area (Å²) in [6, 6.07) is 20.5. The highest BCUT2D eigenvalue weighted by atomic mass is 19.1. The van der Waals surface area contributed by atoms with E-state index in [9.17, 15) is 24.0 Å². The first-order valence-electron chi connectivity index (χ1n) is 21.8. The fourth-order valence-corrected chi connectivity index (χ4v) is 8.91. The van der Waals surface area contributed by atoms with Gasteiger partial charge in [-0.05, 0) is 61.9 Å². The molecule has 3 aromatic carbocycles. The number of imide groups is 2. The number of benzene rings is 3. The van der Waals surface area contributed by atoms with Gasteiger partial charge >= 0.3 is 12.0 Å². The van der Waals surface area contributed by atoms with Crippen molar-refractivity contribution in [2.75, 3.05) is 72.5 Å². The summed E-state index contributed by atoms with van der Waals surface area (Å²) in [6.07, 6.45) is 3.31. The fourth-order valence-electron chi connectivity index (χ4n) is 8.91. The number of carbonyl (C=O) groups excluding carboxylic acids is 5. The highest BCUT2D eigenvalue weighted by Crippen LogP contribution is 2.34. The molecule has 0 saturated carbocycles. The normalized spacial score (nSPS) is 19.3. The lowest BCUT2D eigenvalue weighted by atomic mass is 10.0. The lowest BCUT2D eigenvalue weighted by Gasteiger charge is -2.41. The second-order valence-electron chi connectivity index (χ2n) is 16.8. The topological polar surface area (TPSA) is 196 Å². The van der Waals surface area contributed by atoms with E-state index in [-0.39, 0.29) is 54.9 Å². The molecule has 10 rings (SSSR count). The molecule has 4 saturated heterocycles. The zero-order valence-electron chi connectivity index (χ0n) is 35.5. The van der Waals surface area contributed by atoms with E-state index >= 15 is 4.39 Å². The van der Waals surface area contributed by atoms with Crippen LogP contribution >= 0.6 is 0 Å². The highest BCUT2D eigenvalue weighted by molar-refractivity contribution is 6.23. The number of fused-ring (bicyclic) bond motifs is 1. The fraction of sp³-hybridized carbons (Fsp3) is 0.348. The summed E-state index contributed by atoms with van der Waals surface area (Å²) in [7, 11) is 0. The van der Waals surface area contributed by atoms with E-state index in [0.717, 1.165) is 65.2 Å². The minimum Gasteiger partial charge on any atom is -0.460 e. The number of piperidine rings is 2. The Hall–Kier alpha value is -7.41. The number of nitrogens with one attached hydrogen (secondary N) is 3. The molecule has 18 nitrogen and oxygen atoms in total. The average Bonchev–Trinajstić information content (AvgIpc) is 3.88. The van der Waals surface area contributed by atoms with Gasteiger partial charge in [0.1, 0.15) is 23.8 Å². The van der Waals surface area contributed by atoms with E-state index in [2.05, 4.69) is 44.8 Å². The molecule has 6 amide bonds. The summed E-state index contributed by atoms with van der Waals surface area (Å²) >= 11 is 0. The van der Waals surface area contributed by atoms with E-state index in [4.69, 9.17) is 24.5 Å². The molecule has 1 atom stereocenters. The van der Waals surface area contributed by atoms with Crippen molar-refractivity contribution in [3.63, 3.8) is 0 Å². The molecule has 5 aromatic rings. The van der Waals surface area contributed by atoms with Crippen molar-refractivity contribution in [3.05, 3.63) is 102 Å². The van der Waals surface area contributed by atoms with Crippen molar-refractivity contribution in [2.24, 2.45) is 0 Å². The van der Waals surface area contributed by atoms with Crippen molar-refractivity contribution < 1.29 is 37.8 Å². The van der Waals surface area contributed by atoms with Crippen molar-refractivity contribution in [1.82, 2.24) is 35.3 Å². The van der Waals surface area contributed by atoms with Gasteiger partial charge in [-0.1, -0.05) is 23.8 Å². The highest BCUT2D eigenvalue weighted by Gasteiger charge is 2.46. The van der Waals surface area contributed by atoms with Gasteiger partial charge < -0.3 is 34.8 Å². The van der Waals surface area contributed by atoms with E-state index in [0.29, 0.717) is 43.8 Å². The Morgan fingerprint density at radius 3 is 2.31 bits per heavy atom. The predicted molar refractivity (Wildman–Crippen MR) is 236 cm³/mol. The molecule has 5 aliphatic rings. The van der Waals surface area contributed by atoms with Crippen LogP contribution in [0.3, 0.4) is 0 Å². The van der Waals surface area contributed by atoms with Crippen LogP contribution in [0, 0.1) is 12.7 Å². The number of hydrogen-bond acceptors (Lipinski definition) is 13. The molecule has 7 heterocycles. The molecule has 0 radical (unpaired) electrons. The van der Waals surface area contributed by atoms with E-state index in [1.54, 1.807) is 9.58 Å². The number of rotatable bonds is 10. The van der Waals surface area contributed by atoms with Crippen LogP contribution in [0.1, 0.15) is 52.0 Å². The Kier molecular flexibility index (Phi) is 11.1. The van der Waals surface area contributed by atoms with Gasteiger partial charge in [0.25, 0.3) is 11.8 Å². The first kappa shape index (κ1) is 41.6. The molecule has 0 bridgehead atoms. The van der Waals surface area contributed by atoms with E-state index in [1.807, 2.05) is 54.7 Å². The summed E-state index contributed by atoms with van der Waals surface area (Å²) in [5.74, 6) is -2.03. The van der Waals surface area contributed by atoms with Gasteiger partial charge in [0, 0.05) is 87.7 Å². The Morgan fingerprint density at radius 2 is 1.57 bits per heavy atom. The molecular weight excluding hydrogens is 838 g/mol. The summed E-state index contributed by atoms with van der Waals surface area (Å²) in [4.78, 5) is 79.8. The van der Waals surface area contributed by atoms with Crippen molar-refractivity contribution in [3.8, 4) is 23.1 Å². The van der Waals surface area contributed by atoms with Gasteiger partial charge in [0.05, 0.1) is 41.8 Å². The molecule has 5 aliphatic heterocycles. The summed E-state index contributed by atoms with van der Waals surface area (Å²) < 4.78 is 29.1. The largest absolute Gasteiger partial charge is 0.460 e. The van der Waals surface area contributed by atoms with Gasteiger partial charge in [-0.2, -0.15) is 15.1 Å². The van der Waals surface area contributed by atoms with Crippen LogP contribution in [0.4, 0.5) is 32.1 Å². The third-order valence-electron chi connectivity index (χ3n) is 12.4. The molecule has 2 aromatic heterocycles. The summed E-state index contributed by atoms with van der Waals surface area (Å²) in [5.41, 5.74) is 4.61. The smallest absolute Gasteiger partial charge is 0.320 e. The molecule has 0 spiro atoms. The predicted octanol–water partition coefficient (Wildman–Crippen LogP) is 4.07. The van der Waals surface area contributed by atoms with Crippen LogP contribution in [0.25, 0.3) is 17.1 Å². The standard InChI is InChI=1S/C46H46FN11O7/c1-27-3-2-4-28(21-27)36-13-16-57(53-36)40-24-39(55-17-19-64-20-18-55)50-46(51-40)65-32-11-14-54(15-12-32)31-7-5-29(6-8-31)48-45(63)49-30-25-56(26-30)38-23-34-33(22-35(38)47)43(61)58(44(34)62)37-9-10-41(59)52-42(37)60/h2-8,13,16,21-24,30,32,37H,9-12,14-15,17-20,25-26H2,1H3,(H2,48,49,63)(H,52,59,60). The molecule has 0 aliphatic carbocycles. The number of amides is 6. The second-order valence-corrected chi connectivity index (χ2v) is 16.8. The minimum absolute atomic E-state index is 0.00243. The molecule has 19 heteroatoms. The quantitative estimate of drug-likeness (QED) is 0.170. The first-order valence-corrected chi connectivity index (χ1v) is 21.8. The molecule has 3 N–H and O–H groups in total. The lowest BCUT2D eigenvalue weighted by molar-refractivity contribution is -0.136. The van der Waals surface area contributed by atoms with Crippen LogP contribution in [-0.2, 0) is 14.3 Å². The zero-order valence-corrected chi connectivity index (χ0v) is 35.5. The number of urea groups is 1. The molecular formula is C46H46FN11O7. The third kappa shape index (κ3) is 8.53. The van der Waals surface area contributed by atoms with Crippen molar-refractivity contribution in [2.45, 2.75) is 50.8 Å². The Bertz CT molecular complexity index is 2690. The van der Waals surface area contributed by atoms with Crippen LogP contribution in [0.5, 0.6) is 6.01 Å². The maximum Gasteiger partial charge on any atom is 0.320 e. The minimum atomic E-state index is -1.15. The lowest BCUT2D eigenvalue weighted by Crippen LogP contribution is -2.60. The number of aryl methyl sites for hydroxylation is 1. The van der Waals surface area contributed by atoms with Gasteiger partial charge in [0.15, 0.2) is 5.82 Å². The van der Waals surface area contributed by atoms with E-state index in [1.165, 1.54) is 6.07 Å². The number of carbonyl (C=O) groups is 5. The number of halogens is 1. The molecule has 334 valence electrons. The Morgan fingerprint density at radius 1 is 0.831 bits per heavy atom. The number of aromatic nitrogens is 4. The number of anilines is 4. The molecule has 1 unspecified atom stereocenters. The number of ether oxygens (including phenoxy) is 2. The molecule has 4 fully saturated rings. The first-order chi connectivity index (χ1) is 31.5. The van der Waals surface area contributed by atoms with Gasteiger partial charge in [-0.25, -0.2) is 13.9 Å². The average molecular weight is 884 g/mol. The summed E-state index contributed by atoms with van der Waals surface area (Å²) in [6.45, 7) is 6.77. The van der Waals surface area contributed by atoms with Crippen LogP contribution < -0.4 is 35.4 Å². The molecule has 65 heavy (non-hydrogen) atoms. The third-order valence-corrected chi connectivity index (χ3v) is 12.4. The zero-order chi connectivity index (χ0) is 44.8. The number of hydrogen-bond donors (Lipinski definition) is 3. The van der Waals surface area contributed by atoms with Gasteiger partial charge in [0.2, 0.25) is 11.8 Å².